The summed E-state index contributed by atoms with van der Waals surface area (Å²) in [5, 5.41) is 3.10. The van der Waals surface area contributed by atoms with Gasteiger partial charge in [-0.3, -0.25) is 4.79 Å². The zero-order valence-electron chi connectivity index (χ0n) is 17.5. The number of carbonyl (C=O) groups excluding carboxylic acids is 1. The van der Waals surface area contributed by atoms with E-state index in [1.165, 1.54) is 16.4 Å². The summed E-state index contributed by atoms with van der Waals surface area (Å²) in [5.74, 6) is -0.250. The third-order valence-corrected chi connectivity index (χ3v) is 7.55. The molecule has 6 heteroatoms. The van der Waals surface area contributed by atoms with Crippen molar-refractivity contribution in [1.29, 1.82) is 0 Å². The molecule has 0 spiro atoms. The van der Waals surface area contributed by atoms with Crippen molar-refractivity contribution >= 4 is 15.9 Å². The Hall–Kier alpha value is -2.96. The van der Waals surface area contributed by atoms with Crippen molar-refractivity contribution in [3.63, 3.8) is 0 Å². The molecule has 0 bridgehead atoms. The molecule has 0 radical (unpaired) electrons. The van der Waals surface area contributed by atoms with Gasteiger partial charge in [-0.2, -0.15) is 4.31 Å². The Kier molecular flexibility index (Phi) is 6.20. The minimum absolute atomic E-state index is 0.226. The molecule has 31 heavy (non-hydrogen) atoms. The first kappa shape index (κ1) is 21.3. The molecule has 3 aromatic carbocycles. The molecular formula is C25H26N2O3S. The second-order valence-corrected chi connectivity index (χ2v) is 9.80. The SMILES string of the molecule is Cc1ccc(C(NC(=O)c2ccc(S(=O)(=O)N3CCCC3)cc2)c2ccccc2)cc1. The molecule has 0 aliphatic carbocycles. The largest absolute Gasteiger partial charge is 0.341 e. The van der Waals surface area contributed by atoms with E-state index in [1.54, 1.807) is 12.1 Å². The van der Waals surface area contributed by atoms with Crippen LogP contribution in [0.3, 0.4) is 0 Å². The average molecular weight is 435 g/mol. The molecule has 1 fully saturated rings. The monoisotopic (exact) mass is 434 g/mol. The van der Waals surface area contributed by atoms with Gasteiger partial charge in [-0.15, -0.1) is 0 Å². The molecule has 1 N–H and O–H groups in total. The number of rotatable bonds is 6. The van der Waals surface area contributed by atoms with E-state index >= 15 is 0 Å². The first-order valence-corrected chi connectivity index (χ1v) is 11.9. The number of sulfonamides is 1. The number of benzene rings is 3. The lowest BCUT2D eigenvalue weighted by Crippen LogP contribution is -2.30. The van der Waals surface area contributed by atoms with Crippen LogP contribution < -0.4 is 5.32 Å². The van der Waals surface area contributed by atoms with E-state index in [9.17, 15) is 13.2 Å². The summed E-state index contributed by atoms with van der Waals surface area (Å²) >= 11 is 0. The Morgan fingerprint density at radius 1 is 0.839 bits per heavy atom. The van der Waals surface area contributed by atoms with E-state index in [0.717, 1.165) is 29.5 Å². The summed E-state index contributed by atoms with van der Waals surface area (Å²) in [6.45, 7) is 3.14. The van der Waals surface area contributed by atoms with Gasteiger partial charge in [0, 0.05) is 18.7 Å². The van der Waals surface area contributed by atoms with Crippen molar-refractivity contribution in [3.05, 3.63) is 101 Å². The van der Waals surface area contributed by atoms with Gasteiger partial charge in [0.15, 0.2) is 0 Å². The second-order valence-electron chi connectivity index (χ2n) is 7.86. The van der Waals surface area contributed by atoms with E-state index in [2.05, 4.69) is 5.32 Å². The van der Waals surface area contributed by atoms with Gasteiger partial charge in [0.25, 0.3) is 5.91 Å². The lowest BCUT2D eigenvalue weighted by Gasteiger charge is -2.20. The van der Waals surface area contributed by atoms with Crippen LogP contribution in [0.4, 0.5) is 0 Å². The summed E-state index contributed by atoms with van der Waals surface area (Å²) in [6.07, 6.45) is 1.78. The van der Waals surface area contributed by atoms with Crippen molar-refractivity contribution in [3.8, 4) is 0 Å². The maximum atomic E-state index is 13.0. The van der Waals surface area contributed by atoms with Crippen LogP contribution >= 0.6 is 0 Å². The normalized spacial score (nSPS) is 15.5. The van der Waals surface area contributed by atoms with E-state index < -0.39 is 10.0 Å². The van der Waals surface area contributed by atoms with Crippen LogP contribution in [0.25, 0.3) is 0 Å². The highest BCUT2D eigenvalue weighted by Crippen LogP contribution is 2.24. The Morgan fingerprint density at radius 3 is 2.03 bits per heavy atom. The zero-order valence-corrected chi connectivity index (χ0v) is 18.3. The van der Waals surface area contributed by atoms with Crippen molar-refractivity contribution < 1.29 is 13.2 Å². The molecule has 1 aliphatic heterocycles. The van der Waals surface area contributed by atoms with Gasteiger partial charge < -0.3 is 5.32 Å². The minimum Gasteiger partial charge on any atom is -0.341 e. The summed E-state index contributed by atoms with van der Waals surface area (Å²) in [7, 11) is -3.49. The predicted octanol–water partition coefficient (Wildman–Crippen LogP) is 4.30. The third-order valence-electron chi connectivity index (χ3n) is 5.64. The molecule has 0 saturated carbocycles. The molecule has 1 heterocycles. The van der Waals surface area contributed by atoms with E-state index in [1.807, 2.05) is 61.5 Å². The molecule has 3 aromatic rings. The second kappa shape index (κ2) is 9.04. The van der Waals surface area contributed by atoms with Gasteiger partial charge in [0.2, 0.25) is 10.0 Å². The Labute approximate surface area is 183 Å². The lowest BCUT2D eigenvalue weighted by atomic mass is 9.97. The van der Waals surface area contributed by atoms with Crippen molar-refractivity contribution in [2.24, 2.45) is 0 Å². The van der Waals surface area contributed by atoms with Crippen LogP contribution in [0.5, 0.6) is 0 Å². The molecule has 1 aliphatic rings. The van der Waals surface area contributed by atoms with Gasteiger partial charge in [-0.1, -0.05) is 60.2 Å². The fraction of sp³-hybridized carbons (Fsp3) is 0.240. The fourth-order valence-electron chi connectivity index (χ4n) is 3.83. The first-order chi connectivity index (χ1) is 14.9. The Morgan fingerprint density at radius 2 is 1.42 bits per heavy atom. The number of nitrogens with one attached hydrogen (secondary N) is 1. The molecule has 1 atom stereocenters. The summed E-state index contributed by atoms with van der Waals surface area (Å²) in [6, 6.07) is 23.8. The quantitative estimate of drug-likeness (QED) is 0.629. The first-order valence-electron chi connectivity index (χ1n) is 10.5. The standard InChI is InChI=1S/C25H26N2O3S/c1-19-9-11-21(12-10-19)24(20-7-3-2-4-8-20)26-25(28)22-13-15-23(16-14-22)31(29,30)27-17-5-6-18-27/h2-4,7-16,24H,5-6,17-18H2,1H3,(H,26,28). The maximum Gasteiger partial charge on any atom is 0.252 e. The van der Waals surface area contributed by atoms with Gasteiger partial charge >= 0.3 is 0 Å². The van der Waals surface area contributed by atoms with E-state index in [4.69, 9.17) is 0 Å². The van der Waals surface area contributed by atoms with Gasteiger partial charge in [-0.05, 0) is 55.2 Å². The highest BCUT2D eigenvalue weighted by molar-refractivity contribution is 7.89. The summed E-state index contributed by atoms with van der Waals surface area (Å²) in [4.78, 5) is 13.2. The van der Waals surface area contributed by atoms with E-state index in [0.29, 0.717) is 18.7 Å². The molecule has 4 rings (SSSR count). The molecule has 0 aromatic heterocycles. The fourth-order valence-corrected chi connectivity index (χ4v) is 5.35. The molecule has 5 nitrogen and oxygen atoms in total. The predicted molar refractivity (Wildman–Crippen MR) is 121 cm³/mol. The van der Waals surface area contributed by atoms with Crippen LogP contribution in [-0.4, -0.2) is 31.7 Å². The lowest BCUT2D eigenvalue weighted by molar-refractivity contribution is 0.0943. The van der Waals surface area contributed by atoms with E-state index in [-0.39, 0.29) is 16.8 Å². The van der Waals surface area contributed by atoms with Gasteiger partial charge in [0.1, 0.15) is 0 Å². The molecule has 1 saturated heterocycles. The Bertz CT molecular complexity index is 1140. The number of hydrogen-bond donors (Lipinski definition) is 1. The molecule has 1 amide bonds. The highest BCUT2D eigenvalue weighted by Gasteiger charge is 2.27. The van der Waals surface area contributed by atoms with Crippen molar-refractivity contribution in [2.75, 3.05) is 13.1 Å². The van der Waals surface area contributed by atoms with Gasteiger partial charge in [-0.25, -0.2) is 8.42 Å². The van der Waals surface area contributed by atoms with Crippen molar-refractivity contribution in [1.82, 2.24) is 9.62 Å². The molecular weight excluding hydrogens is 408 g/mol. The summed E-state index contributed by atoms with van der Waals surface area (Å²) in [5.41, 5.74) is 3.54. The van der Waals surface area contributed by atoms with Crippen LogP contribution in [0.15, 0.2) is 83.8 Å². The number of amides is 1. The Balaban J connectivity index is 1.57. The average Bonchev–Trinajstić information content (AvgIpc) is 3.35. The number of nitrogens with zero attached hydrogens (tertiary/aromatic N) is 1. The molecule has 1 unspecified atom stereocenters. The van der Waals surface area contributed by atoms with Crippen LogP contribution in [0.1, 0.15) is 45.9 Å². The number of hydrogen-bond acceptors (Lipinski definition) is 3. The van der Waals surface area contributed by atoms with Crippen molar-refractivity contribution in [2.45, 2.75) is 30.7 Å². The van der Waals surface area contributed by atoms with Gasteiger partial charge in [0.05, 0.1) is 10.9 Å². The van der Waals surface area contributed by atoms with Crippen LogP contribution in [-0.2, 0) is 10.0 Å². The highest BCUT2D eigenvalue weighted by atomic mass is 32.2. The topological polar surface area (TPSA) is 66.5 Å². The van der Waals surface area contributed by atoms with Crippen LogP contribution in [0, 0.1) is 6.92 Å². The minimum atomic E-state index is -3.49. The smallest absolute Gasteiger partial charge is 0.252 e. The van der Waals surface area contributed by atoms with Crippen LogP contribution in [0.2, 0.25) is 0 Å². The third kappa shape index (κ3) is 4.70. The zero-order chi connectivity index (χ0) is 21.8. The molecule has 160 valence electrons. The maximum absolute atomic E-state index is 13.0. The number of aryl methyl sites for hydroxylation is 1. The summed E-state index contributed by atoms with van der Waals surface area (Å²) < 4.78 is 26.9. The number of carbonyl (C=O) groups is 1.